The number of aromatic nitrogens is 1. The summed E-state index contributed by atoms with van der Waals surface area (Å²) >= 11 is 0. The standard InChI is InChI=1S/C18H19N3O/c1-4-11-21(12-5-1)15-8-6-7-14(13-15)19-18-20-16-9-2-3-10-17(16)22-18/h2-3,6-10,13H,1,4-5,11-12H2,(H,19,20). The quantitative estimate of drug-likeness (QED) is 0.768. The van der Waals surface area contributed by atoms with E-state index in [0.717, 1.165) is 29.9 Å². The zero-order valence-corrected chi connectivity index (χ0v) is 12.5. The number of oxazole rings is 1. The van der Waals surface area contributed by atoms with Crippen molar-refractivity contribution in [3.63, 3.8) is 0 Å². The largest absolute Gasteiger partial charge is 0.423 e. The van der Waals surface area contributed by atoms with Crippen LogP contribution in [0.3, 0.4) is 0 Å². The molecular weight excluding hydrogens is 274 g/mol. The molecular formula is C18H19N3O. The number of nitrogens with one attached hydrogen (secondary N) is 1. The molecule has 1 aliphatic heterocycles. The Hall–Kier alpha value is -2.49. The van der Waals surface area contributed by atoms with Crippen LogP contribution in [0.4, 0.5) is 17.4 Å². The van der Waals surface area contributed by atoms with Gasteiger partial charge in [0.15, 0.2) is 5.58 Å². The lowest BCUT2D eigenvalue weighted by Gasteiger charge is -2.29. The Kier molecular flexibility index (Phi) is 3.43. The van der Waals surface area contributed by atoms with Crippen LogP contribution in [0.15, 0.2) is 52.9 Å². The Morgan fingerprint density at radius 2 is 1.82 bits per heavy atom. The van der Waals surface area contributed by atoms with Crippen molar-refractivity contribution in [1.29, 1.82) is 0 Å². The van der Waals surface area contributed by atoms with Gasteiger partial charge in [-0.2, -0.15) is 4.98 Å². The summed E-state index contributed by atoms with van der Waals surface area (Å²) < 4.78 is 5.72. The number of hydrogen-bond acceptors (Lipinski definition) is 4. The number of anilines is 3. The van der Waals surface area contributed by atoms with Gasteiger partial charge >= 0.3 is 0 Å². The van der Waals surface area contributed by atoms with E-state index in [0.29, 0.717) is 6.01 Å². The molecule has 1 fully saturated rings. The minimum Gasteiger partial charge on any atom is -0.423 e. The maximum Gasteiger partial charge on any atom is 0.300 e. The molecule has 0 bridgehead atoms. The molecule has 1 N–H and O–H groups in total. The third-order valence-corrected chi connectivity index (χ3v) is 4.11. The second kappa shape index (κ2) is 5.72. The number of para-hydroxylation sites is 2. The fourth-order valence-corrected chi connectivity index (χ4v) is 2.98. The smallest absolute Gasteiger partial charge is 0.300 e. The molecule has 0 amide bonds. The Morgan fingerprint density at radius 1 is 0.955 bits per heavy atom. The highest BCUT2D eigenvalue weighted by Crippen LogP contribution is 2.26. The fraction of sp³-hybridized carbons (Fsp3) is 0.278. The number of hydrogen-bond donors (Lipinski definition) is 1. The van der Waals surface area contributed by atoms with E-state index in [1.54, 1.807) is 0 Å². The normalized spacial score (nSPS) is 15.2. The summed E-state index contributed by atoms with van der Waals surface area (Å²) in [7, 11) is 0. The summed E-state index contributed by atoms with van der Waals surface area (Å²) in [6.45, 7) is 2.29. The monoisotopic (exact) mass is 293 g/mol. The molecule has 112 valence electrons. The minimum atomic E-state index is 0.539. The van der Waals surface area contributed by atoms with Crippen LogP contribution in [0.2, 0.25) is 0 Å². The zero-order chi connectivity index (χ0) is 14.8. The molecule has 3 aromatic rings. The van der Waals surface area contributed by atoms with Gasteiger partial charge in [-0.25, -0.2) is 0 Å². The van der Waals surface area contributed by atoms with Crippen molar-refractivity contribution in [2.45, 2.75) is 19.3 Å². The predicted molar refractivity (Wildman–Crippen MR) is 89.8 cm³/mol. The molecule has 4 rings (SSSR count). The molecule has 1 saturated heterocycles. The summed E-state index contributed by atoms with van der Waals surface area (Å²) in [6.07, 6.45) is 3.91. The summed E-state index contributed by atoms with van der Waals surface area (Å²) in [4.78, 5) is 6.90. The molecule has 1 aliphatic rings. The summed E-state index contributed by atoms with van der Waals surface area (Å²) in [6, 6.07) is 16.8. The van der Waals surface area contributed by atoms with Crippen molar-refractivity contribution in [2.75, 3.05) is 23.3 Å². The van der Waals surface area contributed by atoms with Crippen LogP contribution in [-0.4, -0.2) is 18.1 Å². The minimum absolute atomic E-state index is 0.539. The molecule has 2 aromatic carbocycles. The van der Waals surface area contributed by atoms with Crippen molar-refractivity contribution < 1.29 is 4.42 Å². The van der Waals surface area contributed by atoms with E-state index < -0.39 is 0 Å². The Morgan fingerprint density at radius 3 is 2.68 bits per heavy atom. The van der Waals surface area contributed by atoms with Crippen LogP contribution in [0.1, 0.15) is 19.3 Å². The predicted octanol–water partition coefficient (Wildman–Crippen LogP) is 4.56. The van der Waals surface area contributed by atoms with Crippen LogP contribution in [0.25, 0.3) is 11.1 Å². The van der Waals surface area contributed by atoms with E-state index in [-0.39, 0.29) is 0 Å². The lowest BCUT2D eigenvalue weighted by Crippen LogP contribution is -2.29. The Labute approximate surface area is 129 Å². The van der Waals surface area contributed by atoms with Crippen molar-refractivity contribution in [3.05, 3.63) is 48.5 Å². The van der Waals surface area contributed by atoms with E-state index in [4.69, 9.17) is 4.42 Å². The molecule has 1 aromatic heterocycles. The number of fused-ring (bicyclic) bond motifs is 1. The van der Waals surface area contributed by atoms with Crippen LogP contribution in [0, 0.1) is 0 Å². The van der Waals surface area contributed by atoms with Gasteiger partial charge in [0.05, 0.1) is 0 Å². The van der Waals surface area contributed by atoms with Crippen LogP contribution < -0.4 is 10.2 Å². The molecule has 4 nitrogen and oxygen atoms in total. The van der Waals surface area contributed by atoms with Gasteiger partial charge in [0.2, 0.25) is 0 Å². The van der Waals surface area contributed by atoms with E-state index >= 15 is 0 Å². The number of benzene rings is 2. The van der Waals surface area contributed by atoms with Gasteiger partial charge < -0.3 is 14.6 Å². The van der Waals surface area contributed by atoms with Gasteiger partial charge in [-0.15, -0.1) is 0 Å². The van der Waals surface area contributed by atoms with Crippen molar-refractivity contribution >= 4 is 28.5 Å². The summed E-state index contributed by atoms with van der Waals surface area (Å²) in [5.74, 6) is 0. The van der Waals surface area contributed by atoms with Gasteiger partial charge in [0.1, 0.15) is 5.52 Å². The number of piperidine rings is 1. The number of rotatable bonds is 3. The lowest BCUT2D eigenvalue weighted by atomic mass is 10.1. The molecule has 0 saturated carbocycles. The van der Waals surface area contributed by atoms with E-state index in [1.165, 1.54) is 24.9 Å². The maximum absolute atomic E-state index is 5.72. The summed E-state index contributed by atoms with van der Waals surface area (Å²) in [5.41, 5.74) is 3.95. The highest BCUT2D eigenvalue weighted by atomic mass is 16.4. The van der Waals surface area contributed by atoms with Gasteiger partial charge in [-0.1, -0.05) is 18.2 Å². The Bertz CT molecular complexity index is 742. The second-order valence-corrected chi connectivity index (χ2v) is 5.71. The number of nitrogens with zero attached hydrogens (tertiary/aromatic N) is 2. The molecule has 0 aliphatic carbocycles. The van der Waals surface area contributed by atoms with Gasteiger partial charge in [0.25, 0.3) is 6.01 Å². The summed E-state index contributed by atoms with van der Waals surface area (Å²) in [5, 5.41) is 3.27. The lowest BCUT2D eigenvalue weighted by molar-refractivity contribution is 0.578. The third-order valence-electron chi connectivity index (χ3n) is 4.11. The fourth-order valence-electron chi connectivity index (χ4n) is 2.98. The first-order valence-corrected chi connectivity index (χ1v) is 7.86. The molecule has 22 heavy (non-hydrogen) atoms. The third kappa shape index (κ3) is 2.64. The molecule has 0 unspecified atom stereocenters. The molecule has 0 atom stereocenters. The van der Waals surface area contributed by atoms with Crippen molar-refractivity contribution in [2.24, 2.45) is 0 Å². The first kappa shape index (κ1) is 13.2. The highest BCUT2D eigenvalue weighted by Gasteiger charge is 2.11. The zero-order valence-electron chi connectivity index (χ0n) is 12.5. The maximum atomic E-state index is 5.72. The van der Waals surface area contributed by atoms with Crippen molar-refractivity contribution in [1.82, 2.24) is 4.98 Å². The highest BCUT2D eigenvalue weighted by molar-refractivity contribution is 5.75. The first-order valence-electron chi connectivity index (χ1n) is 7.86. The van der Waals surface area contributed by atoms with Gasteiger partial charge in [-0.05, 0) is 49.6 Å². The molecule has 0 radical (unpaired) electrons. The Balaban J connectivity index is 1.57. The van der Waals surface area contributed by atoms with Gasteiger partial charge in [-0.3, -0.25) is 0 Å². The average Bonchev–Trinajstić information content (AvgIpc) is 2.98. The van der Waals surface area contributed by atoms with E-state index in [1.807, 2.05) is 30.3 Å². The second-order valence-electron chi connectivity index (χ2n) is 5.71. The van der Waals surface area contributed by atoms with Gasteiger partial charge in [0, 0.05) is 24.5 Å². The molecule has 2 heterocycles. The van der Waals surface area contributed by atoms with Crippen molar-refractivity contribution in [3.8, 4) is 0 Å². The molecule has 4 heteroatoms. The van der Waals surface area contributed by atoms with Crippen LogP contribution >= 0.6 is 0 Å². The molecule has 0 spiro atoms. The average molecular weight is 293 g/mol. The van der Waals surface area contributed by atoms with Crippen LogP contribution in [0.5, 0.6) is 0 Å². The topological polar surface area (TPSA) is 41.3 Å². The van der Waals surface area contributed by atoms with E-state index in [9.17, 15) is 0 Å². The van der Waals surface area contributed by atoms with E-state index in [2.05, 4.69) is 33.4 Å². The first-order chi connectivity index (χ1) is 10.9. The SMILES string of the molecule is c1cc(Nc2nc3ccccc3o2)cc(N2CCCCC2)c1. The van der Waals surface area contributed by atoms with Crippen LogP contribution in [-0.2, 0) is 0 Å².